The fraction of sp³-hybridized carbons (Fsp3) is 0.118. The van der Waals surface area contributed by atoms with Gasteiger partial charge in [0.15, 0.2) is 0 Å². The Morgan fingerprint density at radius 3 is 2.64 bits per heavy atom. The van der Waals surface area contributed by atoms with E-state index in [0.29, 0.717) is 10.7 Å². The van der Waals surface area contributed by atoms with Crippen LogP contribution in [0.15, 0.2) is 42.5 Å². The second-order valence-electron chi connectivity index (χ2n) is 5.81. The number of amides is 4. The molecule has 2 N–H and O–H groups in total. The highest BCUT2D eigenvalue weighted by atomic mass is 35.5. The van der Waals surface area contributed by atoms with Crippen LogP contribution >= 0.6 is 11.6 Å². The van der Waals surface area contributed by atoms with E-state index in [9.17, 15) is 18.8 Å². The summed E-state index contributed by atoms with van der Waals surface area (Å²) >= 11 is 5.98. The van der Waals surface area contributed by atoms with Crippen LogP contribution in [0.1, 0.15) is 11.1 Å². The van der Waals surface area contributed by atoms with Gasteiger partial charge in [-0.1, -0.05) is 29.8 Å². The molecule has 1 saturated heterocycles. The number of halogens is 2. The molecule has 2 aliphatic heterocycles. The number of hydrogen-bond acceptors (Lipinski definition) is 3. The number of anilines is 1. The largest absolute Gasteiger partial charge is 0.326 e. The van der Waals surface area contributed by atoms with Gasteiger partial charge in [-0.3, -0.25) is 14.5 Å². The van der Waals surface area contributed by atoms with E-state index >= 15 is 0 Å². The first-order valence-electron chi connectivity index (χ1n) is 7.42. The fourth-order valence-electron chi connectivity index (χ4n) is 3.13. The van der Waals surface area contributed by atoms with E-state index < -0.39 is 29.2 Å². The number of fused-ring (bicyclic) bond motifs is 2. The zero-order valence-corrected chi connectivity index (χ0v) is 13.4. The van der Waals surface area contributed by atoms with Crippen LogP contribution in [-0.4, -0.2) is 22.7 Å². The van der Waals surface area contributed by atoms with E-state index in [4.69, 9.17) is 11.6 Å². The summed E-state index contributed by atoms with van der Waals surface area (Å²) in [6.45, 7) is -0.276. The van der Waals surface area contributed by atoms with Gasteiger partial charge >= 0.3 is 6.03 Å². The number of nitrogens with one attached hydrogen (secondary N) is 2. The van der Waals surface area contributed by atoms with Crippen molar-refractivity contribution >= 4 is 35.1 Å². The Hall–Kier alpha value is -2.93. The number of carbonyl (C=O) groups excluding carboxylic acids is 3. The minimum Gasteiger partial charge on any atom is -0.323 e. The molecule has 0 aromatic heterocycles. The molecule has 2 heterocycles. The number of rotatable bonds is 2. The van der Waals surface area contributed by atoms with Gasteiger partial charge in [-0.05, 0) is 24.3 Å². The van der Waals surface area contributed by atoms with E-state index in [1.165, 1.54) is 24.3 Å². The van der Waals surface area contributed by atoms with Crippen LogP contribution in [-0.2, 0) is 21.7 Å². The average molecular weight is 360 g/mol. The topological polar surface area (TPSA) is 78.5 Å². The van der Waals surface area contributed by atoms with Crippen molar-refractivity contribution in [2.45, 2.75) is 12.1 Å². The molecule has 1 fully saturated rings. The number of benzene rings is 2. The molecule has 6 nitrogen and oxygen atoms in total. The number of hydrogen-bond donors (Lipinski definition) is 2. The summed E-state index contributed by atoms with van der Waals surface area (Å²) in [5.41, 5.74) is -1.02. The first-order chi connectivity index (χ1) is 11.9. The van der Waals surface area contributed by atoms with Gasteiger partial charge in [0.25, 0.3) is 11.8 Å². The standard InChI is InChI=1S/C17H11ClFN3O3/c18-10-5-6-13-11(7-10)17(14(23)20-13)15(24)22(16(25)21-17)8-9-3-1-2-4-12(9)19/h1-7H,8H2,(H,20,23)(H,21,25). The van der Waals surface area contributed by atoms with Crippen LogP contribution in [0.4, 0.5) is 14.9 Å². The minimum atomic E-state index is -1.87. The Morgan fingerprint density at radius 1 is 1.12 bits per heavy atom. The molecule has 126 valence electrons. The van der Waals surface area contributed by atoms with E-state index in [-0.39, 0.29) is 17.7 Å². The van der Waals surface area contributed by atoms with Gasteiger partial charge in [0.1, 0.15) is 5.82 Å². The Kier molecular flexibility index (Phi) is 3.30. The Labute approximate surface area is 146 Å². The van der Waals surface area contributed by atoms with E-state index in [0.717, 1.165) is 4.90 Å². The maximum absolute atomic E-state index is 13.9. The molecule has 1 spiro atoms. The SMILES string of the molecule is O=C1NC2(C(=O)Nc3ccc(Cl)cc32)C(=O)N1Cc1ccccc1F. The molecule has 2 aromatic carbocycles. The summed E-state index contributed by atoms with van der Waals surface area (Å²) < 4.78 is 13.9. The van der Waals surface area contributed by atoms with Crippen molar-refractivity contribution in [1.29, 1.82) is 0 Å². The van der Waals surface area contributed by atoms with Crippen LogP contribution in [0.3, 0.4) is 0 Å². The summed E-state index contributed by atoms with van der Waals surface area (Å²) in [4.78, 5) is 38.6. The third-order valence-corrected chi connectivity index (χ3v) is 4.60. The molecule has 8 heteroatoms. The van der Waals surface area contributed by atoms with Gasteiger partial charge in [-0.25, -0.2) is 9.18 Å². The maximum atomic E-state index is 13.9. The molecule has 0 saturated carbocycles. The predicted molar refractivity (Wildman–Crippen MR) is 87.2 cm³/mol. The van der Waals surface area contributed by atoms with Crippen LogP contribution in [0.25, 0.3) is 0 Å². The Morgan fingerprint density at radius 2 is 1.88 bits per heavy atom. The summed E-state index contributed by atoms with van der Waals surface area (Å²) in [6, 6.07) is 9.64. The van der Waals surface area contributed by atoms with Crippen molar-refractivity contribution in [3.05, 3.63) is 64.4 Å². The lowest BCUT2D eigenvalue weighted by Crippen LogP contribution is -2.49. The van der Waals surface area contributed by atoms with E-state index in [2.05, 4.69) is 10.6 Å². The third kappa shape index (κ3) is 2.12. The molecule has 0 radical (unpaired) electrons. The number of nitrogens with zero attached hydrogens (tertiary/aromatic N) is 1. The van der Waals surface area contributed by atoms with Crippen LogP contribution in [0.2, 0.25) is 5.02 Å². The molecule has 0 aliphatic carbocycles. The Bertz CT molecular complexity index is 948. The highest BCUT2D eigenvalue weighted by Crippen LogP contribution is 2.41. The van der Waals surface area contributed by atoms with Crippen molar-refractivity contribution in [3.63, 3.8) is 0 Å². The molecule has 4 amide bonds. The zero-order chi connectivity index (χ0) is 17.8. The quantitative estimate of drug-likeness (QED) is 0.638. The highest BCUT2D eigenvalue weighted by Gasteiger charge is 2.61. The molecular formula is C17H11ClFN3O3. The number of imide groups is 1. The monoisotopic (exact) mass is 359 g/mol. The molecular weight excluding hydrogens is 349 g/mol. The van der Waals surface area contributed by atoms with Crippen LogP contribution in [0, 0.1) is 5.82 Å². The zero-order valence-electron chi connectivity index (χ0n) is 12.7. The molecule has 2 aliphatic rings. The van der Waals surface area contributed by atoms with Gasteiger partial charge in [-0.2, -0.15) is 0 Å². The molecule has 1 atom stereocenters. The van der Waals surface area contributed by atoms with Crippen LogP contribution < -0.4 is 10.6 Å². The molecule has 25 heavy (non-hydrogen) atoms. The Balaban J connectivity index is 1.76. The first kappa shape index (κ1) is 15.6. The first-order valence-corrected chi connectivity index (χ1v) is 7.80. The second kappa shape index (κ2) is 5.29. The minimum absolute atomic E-state index is 0.174. The van der Waals surface area contributed by atoms with Gasteiger partial charge in [0, 0.05) is 21.8 Å². The highest BCUT2D eigenvalue weighted by molar-refractivity contribution is 6.32. The maximum Gasteiger partial charge on any atom is 0.326 e. The lowest BCUT2D eigenvalue weighted by atomic mass is 9.91. The van der Waals surface area contributed by atoms with Crippen molar-refractivity contribution in [3.8, 4) is 0 Å². The van der Waals surface area contributed by atoms with Crippen molar-refractivity contribution in [2.75, 3.05) is 5.32 Å². The van der Waals surface area contributed by atoms with E-state index in [1.807, 2.05) is 0 Å². The van der Waals surface area contributed by atoms with Gasteiger partial charge in [0.05, 0.1) is 6.54 Å². The third-order valence-electron chi connectivity index (χ3n) is 4.37. The second-order valence-corrected chi connectivity index (χ2v) is 6.24. The van der Waals surface area contributed by atoms with Crippen molar-refractivity contribution < 1.29 is 18.8 Å². The van der Waals surface area contributed by atoms with Crippen LogP contribution in [0.5, 0.6) is 0 Å². The van der Waals surface area contributed by atoms with Gasteiger partial charge in [-0.15, -0.1) is 0 Å². The summed E-state index contributed by atoms with van der Waals surface area (Å²) in [7, 11) is 0. The molecule has 0 bridgehead atoms. The summed E-state index contributed by atoms with van der Waals surface area (Å²) in [5.74, 6) is -1.97. The van der Waals surface area contributed by atoms with Crippen molar-refractivity contribution in [1.82, 2.24) is 10.2 Å². The normalized spacial score (nSPS) is 21.5. The average Bonchev–Trinajstić information content (AvgIpc) is 2.99. The lowest BCUT2D eigenvalue weighted by Gasteiger charge is -2.19. The molecule has 2 aromatic rings. The number of carbonyl (C=O) groups is 3. The van der Waals surface area contributed by atoms with Gasteiger partial charge < -0.3 is 10.6 Å². The molecule has 4 rings (SSSR count). The predicted octanol–water partition coefficient (Wildman–Crippen LogP) is 2.38. The lowest BCUT2D eigenvalue weighted by molar-refractivity contribution is -0.137. The van der Waals surface area contributed by atoms with Gasteiger partial charge in [0.2, 0.25) is 5.54 Å². The smallest absolute Gasteiger partial charge is 0.323 e. The fourth-order valence-corrected chi connectivity index (χ4v) is 3.30. The molecule has 1 unspecified atom stereocenters. The number of urea groups is 1. The van der Waals surface area contributed by atoms with E-state index in [1.54, 1.807) is 18.2 Å². The summed E-state index contributed by atoms with van der Waals surface area (Å²) in [6.07, 6.45) is 0. The summed E-state index contributed by atoms with van der Waals surface area (Å²) in [5, 5.41) is 5.34. The van der Waals surface area contributed by atoms with Crippen molar-refractivity contribution in [2.24, 2.45) is 0 Å².